The fourth-order valence-electron chi connectivity index (χ4n) is 3.05. The lowest BCUT2D eigenvalue weighted by atomic mass is 9.51. The lowest BCUT2D eigenvalue weighted by Gasteiger charge is -2.56. The van der Waals surface area contributed by atoms with Crippen LogP contribution in [0.2, 0.25) is 0 Å². The first-order valence-corrected chi connectivity index (χ1v) is 5.66. The largest absolute Gasteiger partial charge is 0.481 e. The first kappa shape index (κ1) is 9.90. The van der Waals surface area contributed by atoms with E-state index in [9.17, 15) is 9.90 Å². The Morgan fingerprint density at radius 2 is 2.19 bits per heavy atom. The smallest absolute Gasteiger partial charge is 0.310 e. The van der Waals surface area contributed by atoms with E-state index in [1.54, 1.807) is 0 Å². The van der Waals surface area contributed by atoms with Crippen LogP contribution in [0.25, 0.3) is 0 Å². The number of rotatable bonds is 3. The van der Waals surface area contributed by atoms with Gasteiger partial charge in [-0.05, 0) is 25.0 Å². The molecule has 2 heterocycles. The number of nitrogens with one attached hydrogen (secondary N) is 1. The van der Waals surface area contributed by atoms with Gasteiger partial charge in [0.2, 0.25) is 0 Å². The molecule has 1 saturated heterocycles. The van der Waals surface area contributed by atoms with Gasteiger partial charge >= 0.3 is 5.97 Å². The van der Waals surface area contributed by atoms with Crippen LogP contribution in [0.4, 0.5) is 0 Å². The molecule has 1 aliphatic carbocycles. The SMILES string of the molecule is O=C(O)C1(C2(c3ccc[nH]3)COC2)CCC1. The van der Waals surface area contributed by atoms with E-state index in [2.05, 4.69) is 4.98 Å². The highest BCUT2D eigenvalue weighted by atomic mass is 16.5. The lowest BCUT2D eigenvalue weighted by Crippen LogP contribution is -2.65. The van der Waals surface area contributed by atoms with Gasteiger partial charge < -0.3 is 14.8 Å². The van der Waals surface area contributed by atoms with Crippen molar-refractivity contribution in [1.82, 2.24) is 4.98 Å². The van der Waals surface area contributed by atoms with Crippen molar-refractivity contribution >= 4 is 5.97 Å². The number of aromatic amines is 1. The van der Waals surface area contributed by atoms with Crippen LogP contribution in [-0.2, 0) is 14.9 Å². The molecule has 1 aromatic heterocycles. The van der Waals surface area contributed by atoms with Crippen LogP contribution in [-0.4, -0.2) is 29.3 Å². The minimum Gasteiger partial charge on any atom is -0.481 e. The number of aliphatic carboxylic acids is 1. The summed E-state index contributed by atoms with van der Waals surface area (Å²) in [5.74, 6) is -0.670. The maximum Gasteiger partial charge on any atom is 0.310 e. The van der Waals surface area contributed by atoms with Gasteiger partial charge in [-0.15, -0.1) is 0 Å². The van der Waals surface area contributed by atoms with Crippen molar-refractivity contribution in [3.63, 3.8) is 0 Å². The Labute approximate surface area is 93.6 Å². The van der Waals surface area contributed by atoms with Crippen molar-refractivity contribution in [3.8, 4) is 0 Å². The molecule has 0 atom stereocenters. The summed E-state index contributed by atoms with van der Waals surface area (Å²) in [5.41, 5.74) is 0.0947. The third kappa shape index (κ3) is 0.955. The van der Waals surface area contributed by atoms with Crippen LogP contribution in [0.15, 0.2) is 18.3 Å². The van der Waals surface area contributed by atoms with Gasteiger partial charge in [0.15, 0.2) is 0 Å². The molecular weight excluding hydrogens is 206 g/mol. The molecule has 1 aromatic rings. The Morgan fingerprint density at radius 3 is 2.50 bits per heavy atom. The summed E-state index contributed by atoms with van der Waals surface area (Å²) in [6, 6.07) is 3.90. The molecule has 4 heteroatoms. The van der Waals surface area contributed by atoms with E-state index in [-0.39, 0.29) is 5.41 Å². The van der Waals surface area contributed by atoms with Crippen LogP contribution in [0.5, 0.6) is 0 Å². The minimum atomic E-state index is -0.670. The van der Waals surface area contributed by atoms with Crippen molar-refractivity contribution in [1.29, 1.82) is 0 Å². The van der Waals surface area contributed by atoms with Gasteiger partial charge in [0.25, 0.3) is 0 Å². The monoisotopic (exact) mass is 221 g/mol. The van der Waals surface area contributed by atoms with Crippen molar-refractivity contribution in [2.45, 2.75) is 24.7 Å². The quantitative estimate of drug-likeness (QED) is 0.813. The summed E-state index contributed by atoms with van der Waals surface area (Å²) >= 11 is 0. The molecule has 16 heavy (non-hydrogen) atoms. The number of ether oxygens (including phenoxy) is 1. The summed E-state index contributed by atoms with van der Waals surface area (Å²) in [4.78, 5) is 14.7. The number of aromatic nitrogens is 1. The Balaban J connectivity index is 2.05. The summed E-state index contributed by atoms with van der Waals surface area (Å²) < 4.78 is 5.31. The topological polar surface area (TPSA) is 62.3 Å². The molecule has 3 rings (SSSR count). The molecule has 0 radical (unpaired) electrons. The van der Waals surface area contributed by atoms with Gasteiger partial charge in [-0.1, -0.05) is 6.42 Å². The summed E-state index contributed by atoms with van der Waals surface area (Å²) in [6.07, 6.45) is 4.40. The zero-order valence-electron chi connectivity index (χ0n) is 9.03. The molecule has 4 nitrogen and oxygen atoms in total. The van der Waals surface area contributed by atoms with Crippen LogP contribution in [0, 0.1) is 5.41 Å². The van der Waals surface area contributed by atoms with Crippen molar-refractivity contribution in [3.05, 3.63) is 24.0 Å². The molecule has 86 valence electrons. The van der Waals surface area contributed by atoms with Crippen molar-refractivity contribution in [2.75, 3.05) is 13.2 Å². The van der Waals surface area contributed by atoms with E-state index in [1.807, 2.05) is 18.3 Å². The second-order valence-electron chi connectivity index (χ2n) is 4.90. The second kappa shape index (κ2) is 3.10. The Hall–Kier alpha value is -1.29. The Kier molecular flexibility index (Phi) is 1.92. The number of carboxylic acid groups (broad SMARTS) is 1. The predicted molar refractivity (Wildman–Crippen MR) is 57.2 cm³/mol. The third-order valence-corrected chi connectivity index (χ3v) is 4.34. The number of carbonyl (C=O) groups is 1. The van der Waals surface area contributed by atoms with Gasteiger partial charge in [-0.2, -0.15) is 0 Å². The van der Waals surface area contributed by atoms with E-state index in [4.69, 9.17) is 4.74 Å². The van der Waals surface area contributed by atoms with E-state index in [0.29, 0.717) is 13.2 Å². The lowest BCUT2D eigenvalue weighted by molar-refractivity contribution is -0.192. The molecule has 0 aromatic carbocycles. The standard InChI is InChI=1S/C12H15NO3/c14-10(15)11(4-2-5-11)12(7-16-8-12)9-3-1-6-13-9/h1,3,6,13H,2,4-5,7-8H2,(H,14,15). The molecule has 0 amide bonds. The average molecular weight is 221 g/mol. The number of hydrogen-bond acceptors (Lipinski definition) is 2. The number of H-pyrrole nitrogens is 1. The maximum atomic E-state index is 11.6. The highest BCUT2D eigenvalue weighted by molar-refractivity contribution is 5.78. The normalized spacial score (nSPS) is 25.5. The molecule has 2 aliphatic rings. The van der Waals surface area contributed by atoms with E-state index >= 15 is 0 Å². The molecule has 0 unspecified atom stereocenters. The van der Waals surface area contributed by atoms with Crippen molar-refractivity contribution < 1.29 is 14.6 Å². The second-order valence-corrected chi connectivity index (χ2v) is 4.90. The predicted octanol–water partition coefficient (Wildman–Crippen LogP) is 1.54. The summed E-state index contributed by atoms with van der Waals surface area (Å²) in [6.45, 7) is 1.06. The Bertz CT molecular complexity index is 402. The number of hydrogen-bond donors (Lipinski definition) is 2. The van der Waals surface area contributed by atoms with E-state index in [0.717, 1.165) is 25.0 Å². The zero-order valence-corrected chi connectivity index (χ0v) is 9.03. The molecule has 1 aliphatic heterocycles. The van der Waals surface area contributed by atoms with Crippen LogP contribution in [0.3, 0.4) is 0 Å². The van der Waals surface area contributed by atoms with Gasteiger partial charge in [0.05, 0.1) is 24.0 Å². The minimum absolute atomic E-state index is 0.319. The van der Waals surface area contributed by atoms with E-state index < -0.39 is 11.4 Å². The highest BCUT2D eigenvalue weighted by Crippen LogP contribution is 2.58. The van der Waals surface area contributed by atoms with Crippen LogP contribution >= 0.6 is 0 Å². The van der Waals surface area contributed by atoms with Crippen LogP contribution < -0.4 is 0 Å². The fourth-order valence-corrected chi connectivity index (χ4v) is 3.05. The molecule has 1 saturated carbocycles. The van der Waals surface area contributed by atoms with Gasteiger partial charge in [0.1, 0.15) is 0 Å². The average Bonchev–Trinajstić information content (AvgIpc) is 2.59. The molecule has 2 N–H and O–H groups in total. The Morgan fingerprint density at radius 1 is 1.44 bits per heavy atom. The van der Waals surface area contributed by atoms with Gasteiger partial charge in [-0.3, -0.25) is 4.79 Å². The summed E-state index contributed by atoms with van der Waals surface area (Å²) in [5, 5.41) is 9.51. The molecule has 0 bridgehead atoms. The molecule has 0 spiro atoms. The first-order chi connectivity index (χ1) is 7.71. The van der Waals surface area contributed by atoms with Gasteiger partial charge in [0, 0.05) is 11.9 Å². The van der Waals surface area contributed by atoms with E-state index in [1.165, 1.54) is 0 Å². The first-order valence-electron chi connectivity index (χ1n) is 5.66. The van der Waals surface area contributed by atoms with Gasteiger partial charge in [-0.25, -0.2) is 0 Å². The highest BCUT2D eigenvalue weighted by Gasteiger charge is 2.64. The zero-order chi connectivity index (χ0) is 11.2. The van der Waals surface area contributed by atoms with Crippen molar-refractivity contribution in [2.24, 2.45) is 5.41 Å². The molecular formula is C12H15NO3. The molecule has 2 fully saturated rings. The fraction of sp³-hybridized carbons (Fsp3) is 0.583. The maximum absolute atomic E-state index is 11.6. The number of carboxylic acids is 1. The summed E-state index contributed by atoms with van der Waals surface area (Å²) in [7, 11) is 0. The van der Waals surface area contributed by atoms with Crippen LogP contribution in [0.1, 0.15) is 25.0 Å². The third-order valence-electron chi connectivity index (χ3n) is 4.34.